The van der Waals surface area contributed by atoms with E-state index in [-0.39, 0.29) is 32.0 Å². The van der Waals surface area contributed by atoms with Gasteiger partial charge in [0.05, 0.1) is 0 Å². The molecule has 5 nitrogen and oxygen atoms in total. The van der Waals surface area contributed by atoms with Gasteiger partial charge in [-0.2, -0.15) is 0 Å². The molecule has 0 aliphatic carbocycles. The number of aliphatic hydroxyl groups excluding tert-OH is 2. The van der Waals surface area contributed by atoms with E-state index in [4.69, 9.17) is 9.47 Å². The number of ether oxygens (including phenoxy) is 2. The summed E-state index contributed by atoms with van der Waals surface area (Å²) in [5, 5.41) is 20.8. The smallest absolute Gasteiger partial charge is 0.149 e. The Morgan fingerprint density at radius 1 is 0.645 bits per heavy atom. The van der Waals surface area contributed by atoms with Crippen LogP contribution in [0.4, 0.5) is 14.5 Å². The molecule has 0 aromatic heterocycles. The standard InChI is InChI=1S/C24H25F2NO4/c25-22-12-7-13-23(26)24(22)27(14-18(28)16-30-20-8-3-1-4-9-20)15-19(29)17-31-21-10-5-2-6-11-21/h1-13,18-19,28-29H,14-17H2. The minimum Gasteiger partial charge on any atom is -0.491 e. The summed E-state index contributed by atoms with van der Waals surface area (Å²) < 4.78 is 39.8. The van der Waals surface area contributed by atoms with Gasteiger partial charge in [-0.15, -0.1) is 0 Å². The van der Waals surface area contributed by atoms with E-state index in [1.54, 1.807) is 48.5 Å². The maximum atomic E-state index is 14.4. The van der Waals surface area contributed by atoms with E-state index in [0.29, 0.717) is 11.5 Å². The first-order valence-corrected chi connectivity index (χ1v) is 9.93. The molecule has 0 radical (unpaired) electrons. The molecule has 2 atom stereocenters. The molecule has 0 aliphatic heterocycles. The van der Waals surface area contributed by atoms with Crippen LogP contribution in [0.1, 0.15) is 0 Å². The molecule has 7 heteroatoms. The van der Waals surface area contributed by atoms with Crippen molar-refractivity contribution in [1.82, 2.24) is 0 Å². The van der Waals surface area contributed by atoms with Gasteiger partial charge in [0, 0.05) is 13.1 Å². The van der Waals surface area contributed by atoms with Gasteiger partial charge in [0.15, 0.2) is 0 Å². The average molecular weight is 429 g/mol. The molecule has 0 saturated heterocycles. The number of hydrogen-bond acceptors (Lipinski definition) is 5. The number of halogens is 2. The molecule has 0 aliphatic rings. The van der Waals surface area contributed by atoms with E-state index in [9.17, 15) is 19.0 Å². The number of para-hydroxylation sites is 3. The van der Waals surface area contributed by atoms with Crippen molar-refractivity contribution in [3.8, 4) is 11.5 Å². The van der Waals surface area contributed by atoms with E-state index in [1.807, 2.05) is 12.1 Å². The predicted molar refractivity (Wildman–Crippen MR) is 114 cm³/mol. The third-order valence-electron chi connectivity index (χ3n) is 4.49. The third-order valence-corrected chi connectivity index (χ3v) is 4.49. The topological polar surface area (TPSA) is 62.2 Å². The second kappa shape index (κ2) is 11.3. The molecule has 0 saturated carbocycles. The van der Waals surface area contributed by atoms with Crippen LogP contribution in [0, 0.1) is 11.6 Å². The molecule has 2 unspecified atom stereocenters. The summed E-state index contributed by atoms with van der Waals surface area (Å²) >= 11 is 0. The van der Waals surface area contributed by atoms with Gasteiger partial charge in [0.2, 0.25) is 0 Å². The second-order valence-electron chi connectivity index (χ2n) is 7.03. The summed E-state index contributed by atoms with van der Waals surface area (Å²) in [6, 6.07) is 21.4. The van der Waals surface area contributed by atoms with Gasteiger partial charge in [-0.1, -0.05) is 42.5 Å². The third kappa shape index (κ3) is 6.94. The van der Waals surface area contributed by atoms with Crippen molar-refractivity contribution in [1.29, 1.82) is 0 Å². The highest BCUT2D eigenvalue weighted by Gasteiger charge is 2.23. The van der Waals surface area contributed by atoms with Gasteiger partial charge in [-0.05, 0) is 36.4 Å². The van der Waals surface area contributed by atoms with Gasteiger partial charge < -0.3 is 24.6 Å². The summed E-state index contributed by atoms with van der Waals surface area (Å²) in [4.78, 5) is 1.27. The summed E-state index contributed by atoms with van der Waals surface area (Å²) in [5.41, 5.74) is -0.319. The van der Waals surface area contributed by atoms with Crippen molar-refractivity contribution < 1.29 is 28.5 Å². The fourth-order valence-corrected chi connectivity index (χ4v) is 3.08. The lowest BCUT2D eigenvalue weighted by Gasteiger charge is -2.30. The number of nitrogens with zero attached hydrogens (tertiary/aromatic N) is 1. The second-order valence-corrected chi connectivity index (χ2v) is 7.03. The van der Waals surface area contributed by atoms with E-state index in [2.05, 4.69) is 0 Å². The molecular weight excluding hydrogens is 404 g/mol. The van der Waals surface area contributed by atoms with Gasteiger partial charge in [0.25, 0.3) is 0 Å². The number of rotatable bonds is 11. The quantitative estimate of drug-likeness (QED) is 0.487. The van der Waals surface area contributed by atoms with Crippen LogP contribution in [0.5, 0.6) is 11.5 Å². The fourth-order valence-electron chi connectivity index (χ4n) is 3.08. The molecule has 31 heavy (non-hydrogen) atoms. The van der Waals surface area contributed by atoms with Crippen LogP contribution in [-0.4, -0.2) is 48.7 Å². The van der Waals surface area contributed by atoms with Crippen LogP contribution < -0.4 is 14.4 Å². The van der Waals surface area contributed by atoms with Crippen LogP contribution in [-0.2, 0) is 0 Å². The Labute approximate surface area is 180 Å². The largest absolute Gasteiger partial charge is 0.491 e. The van der Waals surface area contributed by atoms with E-state index in [1.165, 1.54) is 11.0 Å². The van der Waals surface area contributed by atoms with Crippen molar-refractivity contribution in [2.75, 3.05) is 31.2 Å². The van der Waals surface area contributed by atoms with Crippen LogP contribution in [0.2, 0.25) is 0 Å². The SMILES string of the molecule is OC(COc1ccccc1)CN(CC(O)COc1ccccc1)c1c(F)cccc1F. The van der Waals surface area contributed by atoms with Crippen LogP contribution in [0.15, 0.2) is 78.9 Å². The molecule has 3 aromatic carbocycles. The Balaban J connectivity index is 1.65. The number of benzene rings is 3. The van der Waals surface area contributed by atoms with Crippen molar-refractivity contribution in [2.24, 2.45) is 0 Å². The zero-order valence-corrected chi connectivity index (χ0v) is 16.9. The van der Waals surface area contributed by atoms with Gasteiger partial charge in [0.1, 0.15) is 54.2 Å². The molecular formula is C24H25F2NO4. The van der Waals surface area contributed by atoms with Gasteiger partial charge in [-0.25, -0.2) is 8.78 Å². The van der Waals surface area contributed by atoms with E-state index >= 15 is 0 Å². The molecule has 164 valence electrons. The molecule has 0 amide bonds. The normalized spacial score (nSPS) is 12.8. The first kappa shape index (κ1) is 22.5. The summed E-state index contributed by atoms with van der Waals surface area (Å²) in [6.45, 7) is -0.444. The Morgan fingerprint density at radius 3 is 1.48 bits per heavy atom. The van der Waals surface area contributed by atoms with Crippen LogP contribution in [0.3, 0.4) is 0 Å². The molecule has 0 spiro atoms. The lowest BCUT2D eigenvalue weighted by molar-refractivity contribution is 0.0950. The number of anilines is 1. The maximum absolute atomic E-state index is 14.4. The lowest BCUT2D eigenvalue weighted by atomic mass is 10.2. The summed E-state index contributed by atoms with van der Waals surface area (Å²) in [5.74, 6) is -0.428. The van der Waals surface area contributed by atoms with Crippen LogP contribution >= 0.6 is 0 Å². The first-order valence-electron chi connectivity index (χ1n) is 9.93. The molecule has 0 fully saturated rings. The highest BCUT2D eigenvalue weighted by Crippen LogP contribution is 2.24. The number of hydrogen-bond donors (Lipinski definition) is 2. The predicted octanol–water partition coefficient (Wildman–Crippen LogP) is 3.65. The van der Waals surface area contributed by atoms with E-state index in [0.717, 1.165) is 12.1 Å². The fraction of sp³-hybridized carbons (Fsp3) is 0.250. The minimum atomic E-state index is -1.05. The van der Waals surface area contributed by atoms with Crippen molar-refractivity contribution in [3.63, 3.8) is 0 Å². The number of aliphatic hydroxyl groups is 2. The van der Waals surface area contributed by atoms with Gasteiger partial charge >= 0.3 is 0 Å². The van der Waals surface area contributed by atoms with Crippen molar-refractivity contribution in [3.05, 3.63) is 90.5 Å². The average Bonchev–Trinajstić information content (AvgIpc) is 2.77. The molecule has 3 aromatic rings. The summed E-state index contributed by atoms with van der Waals surface area (Å²) in [6.07, 6.45) is -2.11. The van der Waals surface area contributed by atoms with Crippen molar-refractivity contribution in [2.45, 2.75) is 12.2 Å². The first-order chi connectivity index (χ1) is 15.0. The van der Waals surface area contributed by atoms with E-state index < -0.39 is 23.8 Å². The Kier molecular flexibility index (Phi) is 8.20. The summed E-state index contributed by atoms with van der Waals surface area (Å²) in [7, 11) is 0. The molecule has 0 heterocycles. The Hall–Kier alpha value is -3.16. The highest BCUT2D eigenvalue weighted by molar-refractivity contribution is 5.49. The minimum absolute atomic E-state index is 0.0762. The maximum Gasteiger partial charge on any atom is 0.149 e. The molecule has 3 rings (SSSR count). The monoisotopic (exact) mass is 429 g/mol. The molecule has 0 bridgehead atoms. The Morgan fingerprint density at radius 2 is 1.06 bits per heavy atom. The van der Waals surface area contributed by atoms with Crippen LogP contribution in [0.25, 0.3) is 0 Å². The zero-order chi connectivity index (χ0) is 22.1. The lowest BCUT2D eigenvalue weighted by Crippen LogP contribution is -2.42. The van der Waals surface area contributed by atoms with Gasteiger partial charge in [-0.3, -0.25) is 0 Å². The molecule has 2 N–H and O–H groups in total. The zero-order valence-electron chi connectivity index (χ0n) is 16.9. The highest BCUT2D eigenvalue weighted by atomic mass is 19.1. The Bertz CT molecular complexity index is 856. The van der Waals surface area contributed by atoms with Crippen molar-refractivity contribution >= 4 is 5.69 Å².